The molecule has 5 nitrogen and oxygen atoms in total. The van der Waals surface area contributed by atoms with Crippen molar-refractivity contribution in [2.75, 3.05) is 0 Å². The molecule has 82 valence electrons. The van der Waals surface area contributed by atoms with E-state index in [4.69, 9.17) is 10.5 Å². The summed E-state index contributed by atoms with van der Waals surface area (Å²) in [6, 6.07) is 3.75. The van der Waals surface area contributed by atoms with Gasteiger partial charge < -0.3 is 9.67 Å². The number of aliphatic hydroxyl groups excluding tert-OH is 1. The van der Waals surface area contributed by atoms with Gasteiger partial charge in [-0.1, -0.05) is 12.8 Å². The summed E-state index contributed by atoms with van der Waals surface area (Å²) in [5, 5.41) is 27.7. The molecule has 1 aliphatic carbocycles. The number of aliphatic hydroxyl groups is 1. The molecule has 0 spiro atoms. The van der Waals surface area contributed by atoms with E-state index in [1.807, 2.05) is 12.1 Å². The number of nitriles is 2. The molecule has 0 aromatic carbocycles. The maximum Gasteiger partial charge on any atom is 0.176 e. The smallest absolute Gasteiger partial charge is 0.176 e. The Morgan fingerprint density at radius 3 is 2.69 bits per heavy atom. The normalized spacial score (nSPS) is 24.7. The van der Waals surface area contributed by atoms with Crippen molar-refractivity contribution in [3.05, 3.63) is 17.7 Å². The molecule has 2 atom stereocenters. The summed E-state index contributed by atoms with van der Waals surface area (Å²) in [7, 11) is 0. The van der Waals surface area contributed by atoms with E-state index < -0.39 is 6.10 Å². The topological polar surface area (TPSA) is 85.6 Å². The first-order valence-corrected chi connectivity index (χ1v) is 5.33. The fraction of sp³-hybridized carbons (Fsp3) is 0.545. The van der Waals surface area contributed by atoms with Crippen LogP contribution in [0.25, 0.3) is 0 Å². The van der Waals surface area contributed by atoms with Crippen molar-refractivity contribution in [3.63, 3.8) is 0 Å². The molecule has 0 amide bonds. The van der Waals surface area contributed by atoms with Gasteiger partial charge in [0, 0.05) is 0 Å². The number of hydrogen-bond acceptors (Lipinski definition) is 4. The van der Waals surface area contributed by atoms with Gasteiger partial charge in [0.05, 0.1) is 18.5 Å². The Labute approximate surface area is 93.6 Å². The Kier molecular flexibility index (Phi) is 2.89. The second kappa shape index (κ2) is 4.34. The summed E-state index contributed by atoms with van der Waals surface area (Å²) in [5.74, 6) is 0. The van der Waals surface area contributed by atoms with Crippen LogP contribution in [0.15, 0.2) is 6.33 Å². The van der Waals surface area contributed by atoms with Gasteiger partial charge in [0.2, 0.25) is 0 Å². The molecule has 5 heteroatoms. The fourth-order valence-electron chi connectivity index (χ4n) is 2.22. The molecule has 1 aromatic rings. The minimum Gasteiger partial charge on any atom is -0.391 e. The number of hydrogen-bond donors (Lipinski definition) is 1. The van der Waals surface area contributed by atoms with E-state index in [1.54, 1.807) is 4.57 Å². The zero-order valence-electron chi connectivity index (χ0n) is 8.80. The molecule has 1 heterocycles. The van der Waals surface area contributed by atoms with Gasteiger partial charge in [-0.15, -0.1) is 0 Å². The van der Waals surface area contributed by atoms with Crippen molar-refractivity contribution in [2.24, 2.45) is 0 Å². The Bertz CT molecular complexity index is 465. The van der Waals surface area contributed by atoms with E-state index in [2.05, 4.69) is 4.98 Å². The first-order chi connectivity index (χ1) is 7.77. The predicted octanol–water partition coefficient (Wildman–Crippen LogP) is 1.10. The van der Waals surface area contributed by atoms with Crippen molar-refractivity contribution in [2.45, 2.75) is 37.8 Å². The van der Waals surface area contributed by atoms with Crippen molar-refractivity contribution in [3.8, 4) is 12.1 Å². The molecule has 0 saturated heterocycles. The van der Waals surface area contributed by atoms with Crippen LogP contribution < -0.4 is 0 Å². The molecule has 0 unspecified atom stereocenters. The van der Waals surface area contributed by atoms with Crippen LogP contribution in [0, 0.1) is 22.7 Å². The van der Waals surface area contributed by atoms with Crippen LogP contribution in [0.3, 0.4) is 0 Å². The lowest BCUT2D eigenvalue weighted by molar-refractivity contribution is 0.0750. The zero-order chi connectivity index (χ0) is 11.5. The van der Waals surface area contributed by atoms with Crippen LogP contribution in [-0.2, 0) is 0 Å². The molecule has 1 aromatic heterocycles. The summed E-state index contributed by atoms with van der Waals surface area (Å²) in [5.41, 5.74) is 0.397. The summed E-state index contributed by atoms with van der Waals surface area (Å²) in [4.78, 5) is 3.88. The lowest BCUT2D eigenvalue weighted by Crippen LogP contribution is -2.27. The highest BCUT2D eigenvalue weighted by Crippen LogP contribution is 2.30. The molecule has 2 rings (SSSR count). The van der Waals surface area contributed by atoms with Gasteiger partial charge in [0.15, 0.2) is 11.4 Å². The molecule has 16 heavy (non-hydrogen) atoms. The van der Waals surface area contributed by atoms with Gasteiger partial charge in [0.1, 0.15) is 12.1 Å². The van der Waals surface area contributed by atoms with Crippen LogP contribution in [0.5, 0.6) is 0 Å². The number of aromatic nitrogens is 2. The first kappa shape index (κ1) is 10.7. The summed E-state index contributed by atoms with van der Waals surface area (Å²) >= 11 is 0. The minimum absolute atomic E-state index is 0.113. The van der Waals surface area contributed by atoms with E-state index in [1.165, 1.54) is 6.33 Å². The van der Waals surface area contributed by atoms with Gasteiger partial charge in [0.25, 0.3) is 0 Å². The van der Waals surface area contributed by atoms with Crippen LogP contribution >= 0.6 is 0 Å². The van der Waals surface area contributed by atoms with E-state index in [0.717, 1.165) is 25.7 Å². The molecular weight excluding hydrogens is 204 g/mol. The minimum atomic E-state index is -0.443. The maximum atomic E-state index is 9.88. The average molecular weight is 216 g/mol. The standard InChI is InChI=1S/C11H12N4O/c12-5-8-10(6-13)15(7-14-8)9-3-1-2-4-11(9)16/h7,9,11,16H,1-4H2/t9-,11-/m1/s1. The molecule has 1 N–H and O–H groups in total. The van der Waals surface area contributed by atoms with Gasteiger partial charge in [-0.05, 0) is 12.8 Å². The highest BCUT2D eigenvalue weighted by molar-refractivity contribution is 5.36. The van der Waals surface area contributed by atoms with Crippen molar-refractivity contribution >= 4 is 0 Å². The van der Waals surface area contributed by atoms with Crippen LogP contribution in [0.1, 0.15) is 43.1 Å². The molecule has 0 aliphatic heterocycles. The monoisotopic (exact) mass is 216 g/mol. The van der Waals surface area contributed by atoms with E-state index >= 15 is 0 Å². The Hall–Kier alpha value is -1.85. The molecular formula is C11H12N4O. The lowest BCUT2D eigenvalue weighted by atomic mass is 9.92. The zero-order valence-corrected chi connectivity index (χ0v) is 8.80. The first-order valence-electron chi connectivity index (χ1n) is 5.33. The summed E-state index contributed by atoms with van der Waals surface area (Å²) in [6.07, 6.45) is 4.66. The van der Waals surface area contributed by atoms with E-state index in [-0.39, 0.29) is 17.4 Å². The number of nitrogens with zero attached hydrogens (tertiary/aromatic N) is 4. The molecule has 1 saturated carbocycles. The average Bonchev–Trinajstić information content (AvgIpc) is 2.72. The highest BCUT2D eigenvalue weighted by Gasteiger charge is 2.27. The third-order valence-corrected chi connectivity index (χ3v) is 3.06. The Morgan fingerprint density at radius 1 is 1.31 bits per heavy atom. The van der Waals surface area contributed by atoms with Crippen LogP contribution in [-0.4, -0.2) is 20.8 Å². The van der Waals surface area contributed by atoms with Crippen molar-refractivity contribution < 1.29 is 5.11 Å². The predicted molar refractivity (Wildman–Crippen MR) is 55.2 cm³/mol. The Balaban J connectivity index is 2.37. The summed E-state index contributed by atoms with van der Waals surface area (Å²) < 4.78 is 1.64. The van der Waals surface area contributed by atoms with E-state index in [9.17, 15) is 5.11 Å². The van der Waals surface area contributed by atoms with Gasteiger partial charge >= 0.3 is 0 Å². The molecule has 0 bridgehead atoms. The van der Waals surface area contributed by atoms with Crippen molar-refractivity contribution in [1.29, 1.82) is 10.5 Å². The van der Waals surface area contributed by atoms with Gasteiger partial charge in [-0.3, -0.25) is 0 Å². The number of imidazole rings is 1. The lowest BCUT2D eigenvalue weighted by Gasteiger charge is -2.28. The summed E-state index contributed by atoms with van der Waals surface area (Å²) in [6.45, 7) is 0. The molecule has 1 aliphatic rings. The second-order valence-electron chi connectivity index (χ2n) is 3.99. The molecule has 0 radical (unpaired) electrons. The number of rotatable bonds is 1. The second-order valence-corrected chi connectivity index (χ2v) is 3.99. The third kappa shape index (κ3) is 1.66. The van der Waals surface area contributed by atoms with Crippen LogP contribution in [0.2, 0.25) is 0 Å². The third-order valence-electron chi connectivity index (χ3n) is 3.06. The quantitative estimate of drug-likeness (QED) is 0.761. The largest absolute Gasteiger partial charge is 0.391 e. The van der Waals surface area contributed by atoms with Gasteiger partial charge in [-0.25, -0.2) is 4.98 Å². The Morgan fingerprint density at radius 2 is 2.06 bits per heavy atom. The van der Waals surface area contributed by atoms with Gasteiger partial charge in [-0.2, -0.15) is 10.5 Å². The fourth-order valence-corrected chi connectivity index (χ4v) is 2.22. The maximum absolute atomic E-state index is 9.88. The van der Waals surface area contributed by atoms with Crippen molar-refractivity contribution in [1.82, 2.24) is 9.55 Å². The van der Waals surface area contributed by atoms with E-state index in [0.29, 0.717) is 0 Å². The van der Waals surface area contributed by atoms with Crippen LogP contribution in [0.4, 0.5) is 0 Å². The SMILES string of the molecule is N#Cc1ncn([C@@H]2CCCC[C@H]2O)c1C#N. The molecule has 1 fully saturated rings. The highest BCUT2D eigenvalue weighted by atomic mass is 16.3.